The van der Waals surface area contributed by atoms with Crippen molar-refractivity contribution in [3.63, 3.8) is 0 Å². The van der Waals surface area contributed by atoms with E-state index in [0.717, 1.165) is 0 Å². The van der Waals surface area contributed by atoms with E-state index in [2.05, 4.69) is 0 Å². The van der Waals surface area contributed by atoms with E-state index < -0.39 is 23.5 Å². The number of halogens is 9. The fourth-order valence-electron chi connectivity index (χ4n) is 1.88. The van der Waals surface area contributed by atoms with E-state index in [1.807, 2.05) is 0 Å². The van der Waals surface area contributed by atoms with E-state index in [-0.39, 0.29) is 42.3 Å². The van der Waals surface area contributed by atoms with Gasteiger partial charge >= 0.3 is 12.4 Å². The summed E-state index contributed by atoms with van der Waals surface area (Å²) in [6.45, 7) is 0.532. The second-order valence-corrected chi connectivity index (χ2v) is 5.32. The predicted octanol–water partition coefficient (Wildman–Crippen LogP) is 5.43. The van der Waals surface area contributed by atoms with Crippen LogP contribution in [-0.4, -0.2) is 29.7 Å². The van der Waals surface area contributed by atoms with Crippen LogP contribution in [-0.2, 0) is 18.9 Å². The summed E-state index contributed by atoms with van der Waals surface area (Å²) in [5.41, 5.74) is -2.74. The summed E-state index contributed by atoms with van der Waals surface area (Å²) in [5.74, 6) is 0.393. The molecule has 0 unspecified atom stereocenters. The van der Waals surface area contributed by atoms with Gasteiger partial charge in [0, 0.05) is 31.4 Å². The van der Waals surface area contributed by atoms with Crippen LogP contribution < -0.4 is 0 Å². The lowest BCUT2D eigenvalue weighted by Gasteiger charge is -2.21. The molecule has 23 heavy (non-hydrogen) atoms. The summed E-state index contributed by atoms with van der Waals surface area (Å²) in [7, 11) is 0. The Morgan fingerprint density at radius 1 is 0.783 bits per heavy atom. The van der Waals surface area contributed by atoms with E-state index >= 15 is 0 Å². The van der Waals surface area contributed by atoms with Crippen LogP contribution in [0.1, 0.15) is 16.7 Å². The second-order valence-electron chi connectivity index (χ2n) is 4.57. The van der Waals surface area contributed by atoms with Crippen molar-refractivity contribution < 1.29 is 26.3 Å². The fraction of sp³-hybridized carbons (Fsp3) is 0.538. The molecule has 1 rings (SSSR count). The van der Waals surface area contributed by atoms with Gasteiger partial charge in [0.15, 0.2) is 0 Å². The molecular formula is C13H14Cl3F6N. The minimum atomic E-state index is -4.85. The van der Waals surface area contributed by atoms with Crippen LogP contribution in [0.4, 0.5) is 26.3 Å². The highest BCUT2D eigenvalue weighted by atomic mass is 35.5. The van der Waals surface area contributed by atoms with E-state index in [0.29, 0.717) is 25.2 Å². The number of hydrogen-bond acceptors (Lipinski definition) is 1. The van der Waals surface area contributed by atoms with Gasteiger partial charge in [-0.05, 0) is 23.8 Å². The largest absolute Gasteiger partial charge is 0.416 e. The van der Waals surface area contributed by atoms with Crippen LogP contribution in [0.5, 0.6) is 0 Å². The van der Waals surface area contributed by atoms with Crippen molar-refractivity contribution in [2.75, 3.05) is 24.8 Å². The van der Waals surface area contributed by atoms with Crippen molar-refractivity contribution in [1.29, 1.82) is 0 Å². The molecule has 10 heteroatoms. The Kier molecular flexibility index (Phi) is 9.05. The third-order valence-electron chi connectivity index (χ3n) is 2.86. The van der Waals surface area contributed by atoms with Crippen molar-refractivity contribution >= 4 is 35.6 Å². The third kappa shape index (κ3) is 7.37. The first-order valence-corrected chi connectivity index (χ1v) is 7.27. The lowest BCUT2D eigenvalue weighted by Crippen LogP contribution is -2.27. The maximum absolute atomic E-state index is 12.7. The molecule has 1 aromatic carbocycles. The first-order valence-electron chi connectivity index (χ1n) is 6.20. The van der Waals surface area contributed by atoms with E-state index in [9.17, 15) is 26.3 Å². The minimum Gasteiger partial charge on any atom is -0.297 e. The molecule has 0 fully saturated rings. The van der Waals surface area contributed by atoms with Gasteiger partial charge in [-0.2, -0.15) is 26.3 Å². The van der Waals surface area contributed by atoms with Crippen LogP contribution in [0, 0.1) is 0 Å². The summed E-state index contributed by atoms with van der Waals surface area (Å²) in [4.78, 5) is 1.59. The van der Waals surface area contributed by atoms with Crippen LogP contribution in [0.2, 0.25) is 0 Å². The minimum absolute atomic E-state index is 0. The van der Waals surface area contributed by atoms with Gasteiger partial charge in [-0.25, -0.2) is 0 Å². The van der Waals surface area contributed by atoms with Crippen molar-refractivity contribution in [3.05, 3.63) is 34.9 Å². The molecule has 0 amide bonds. The molecule has 0 radical (unpaired) electrons. The number of rotatable bonds is 6. The summed E-state index contributed by atoms with van der Waals surface area (Å²) in [6.07, 6.45) is -9.69. The monoisotopic (exact) mass is 403 g/mol. The topological polar surface area (TPSA) is 3.24 Å². The zero-order valence-corrected chi connectivity index (χ0v) is 14.0. The molecule has 0 atom stereocenters. The lowest BCUT2D eigenvalue weighted by atomic mass is 10.0. The summed E-state index contributed by atoms with van der Waals surface area (Å²) < 4.78 is 76.5. The third-order valence-corrected chi connectivity index (χ3v) is 3.19. The maximum atomic E-state index is 12.7. The molecule has 1 aromatic rings. The van der Waals surface area contributed by atoms with Crippen LogP contribution in [0.25, 0.3) is 0 Å². The van der Waals surface area contributed by atoms with Gasteiger partial charge in [0.1, 0.15) is 0 Å². The van der Waals surface area contributed by atoms with Crippen molar-refractivity contribution in [3.8, 4) is 0 Å². The highest BCUT2D eigenvalue weighted by Crippen LogP contribution is 2.36. The van der Waals surface area contributed by atoms with Gasteiger partial charge in [0.25, 0.3) is 0 Å². The quantitative estimate of drug-likeness (QED) is 0.452. The normalized spacial score (nSPS) is 12.4. The van der Waals surface area contributed by atoms with Crippen LogP contribution in [0.15, 0.2) is 18.2 Å². The van der Waals surface area contributed by atoms with Gasteiger partial charge in [-0.1, -0.05) is 0 Å². The lowest BCUT2D eigenvalue weighted by molar-refractivity contribution is -0.143. The van der Waals surface area contributed by atoms with Gasteiger partial charge < -0.3 is 0 Å². The Bertz CT molecular complexity index is 451. The Morgan fingerprint density at radius 3 is 1.48 bits per heavy atom. The maximum Gasteiger partial charge on any atom is 0.416 e. The Hall–Kier alpha value is -0.370. The van der Waals surface area contributed by atoms with Crippen molar-refractivity contribution in [1.82, 2.24) is 4.90 Å². The molecule has 1 nitrogen and oxygen atoms in total. The number of benzene rings is 1. The summed E-state index contributed by atoms with van der Waals surface area (Å²) in [6, 6.07) is 1.53. The smallest absolute Gasteiger partial charge is 0.297 e. The zero-order valence-electron chi connectivity index (χ0n) is 11.6. The molecule has 0 N–H and O–H groups in total. The average molecular weight is 405 g/mol. The Morgan fingerprint density at radius 2 is 1.17 bits per heavy atom. The molecule has 134 valence electrons. The molecule has 0 saturated carbocycles. The van der Waals surface area contributed by atoms with E-state index in [1.54, 1.807) is 4.90 Å². The van der Waals surface area contributed by atoms with Crippen LogP contribution >= 0.6 is 35.6 Å². The molecule has 0 aromatic heterocycles. The Balaban J connectivity index is 0.00000484. The molecule has 0 spiro atoms. The predicted molar refractivity (Wildman–Crippen MR) is 80.4 cm³/mol. The van der Waals surface area contributed by atoms with Gasteiger partial charge in [-0.15, -0.1) is 35.6 Å². The molecule has 0 aliphatic carbocycles. The van der Waals surface area contributed by atoms with Gasteiger partial charge in [-0.3, -0.25) is 4.90 Å². The molecule has 0 aliphatic heterocycles. The number of alkyl halides is 8. The second kappa shape index (κ2) is 9.20. The molecule has 0 bridgehead atoms. The van der Waals surface area contributed by atoms with Crippen molar-refractivity contribution in [2.24, 2.45) is 0 Å². The molecule has 0 aliphatic rings. The van der Waals surface area contributed by atoms with Gasteiger partial charge in [0.2, 0.25) is 0 Å². The van der Waals surface area contributed by atoms with Gasteiger partial charge in [0.05, 0.1) is 11.1 Å². The highest BCUT2D eigenvalue weighted by Gasteiger charge is 2.36. The Labute approximate surface area is 145 Å². The van der Waals surface area contributed by atoms with Crippen molar-refractivity contribution in [2.45, 2.75) is 18.9 Å². The SMILES string of the molecule is Cl.FC(F)(F)c1cc(CN(CCCl)CCCl)cc(C(F)(F)F)c1. The standard InChI is InChI=1S/C13H13Cl2F6N.ClH/c14-1-3-22(4-2-15)8-9-5-10(12(16,17)18)7-11(6-9)13(19,20)21;/h5-7H,1-4,8H2;1H. The van der Waals surface area contributed by atoms with E-state index in [4.69, 9.17) is 23.2 Å². The summed E-state index contributed by atoms with van der Waals surface area (Å²) in [5, 5.41) is 0. The zero-order chi connectivity index (χ0) is 17.0. The highest BCUT2D eigenvalue weighted by molar-refractivity contribution is 6.18. The first kappa shape index (κ1) is 22.6. The molecule has 0 heterocycles. The molecule has 0 saturated heterocycles. The van der Waals surface area contributed by atoms with E-state index in [1.165, 1.54) is 0 Å². The fourth-order valence-corrected chi connectivity index (χ4v) is 2.36. The molecular weight excluding hydrogens is 390 g/mol. The summed E-state index contributed by atoms with van der Waals surface area (Å²) >= 11 is 11.1. The first-order chi connectivity index (χ1) is 10.1. The van der Waals surface area contributed by atoms with Crippen LogP contribution in [0.3, 0.4) is 0 Å². The number of nitrogens with zero attached hydrogens (tertiary/aromatic N) is 1. The number of hydrogen-bond donors (Lipinski definition) is 0. The average Bonchev–Trinajstić information content (AvgIpc) is 2.37.